The maximum Gasteiger partial charge on any atom is 0.276 e. The van der Waals surface area contributed by atoms with E-state index in [0.717, 1.165) is 31.4 Å². The van der Waals surface area contributed by atoms with Crippen LogP contribution in [-0.4, -0.2) is 44.8 Å². The zero-order valence-electron chi connectivity index (χ0n) is 17.5. The first-order valence-electron chi connectivity index (χ1n) is 11.0. The lowest BCUT2D eigenvalue weighted by Gasteiger charge is -2.44. The van der Waals surface area contributed by atoms with Crippen LogP contribution in [0.2, 0.25) is 0 Å². The summed E-state index contributed by atoms with van der Waals surface area (Å²) in [5.41, 5.74) is -2.40. The first-order chi connectivity index (χ1) is 15.8. The molecule has 3 unspecified atom stereocenters. The number of hydrogen-bond acceptors (Lipinski definition) is 5. The number of aromatic nitrogens is 1. The number of amides is 2. The molecule has 2 saturated carbocycles. The van der Waals surface area contributed by atoms with E-state index in [2.05, 4.69) is 5.32 Å². The monoisotopic (exact) mass is 457 g/mol. The molecule has 33 heavy (non-hydrogen) atoms. The van der Waals surface area contributed by atoms with Gasteiger partial charge in [-0.25, -0.2) is 8.78 Å². The Morgan fingerprint density at radius 1 is 1.21 bits per heavy atom. The van der Waals surface area contributed by atoms with Crippen molar-refractivity contribution < 1.29 is 28.2 Å². The molecule has 1 aromatic heterocycles. The minimum Gasteiger partial charge on any atom is -0.503 e. The standard InChI is InChI=1S/C23H21F2N3O5/c24-11-1-4-15(16(25)7-11)23(5-6-23)26-21(31)14-9-27-10-17-28(12-2-3-13(8-12)33-17)22(32)18(27)20(30)19(14)29/h1,4,7,9,12-13,17,30H,2-3,5-6,8,10H2,(H,26,31). The number of fused-ring (bicyclic) bond motifs is 5. The van der Waals surface area contributed by atoms with Gasteiger partial charge in [0, 0.05) is 23.9 Å². The van der Waals surface area contributed by atoms with Crippen molar-refractivity contribution in [1.82, 2.24) is 14.8 Å². The fourth-order valence-electron chi connectivity index (χ4n) is 5.46. The maximum atomic E-state index is 14.3. The predicted octanol–water partition coefficient (Wildman–Crippen LogP) is 1.98. The molecule has 1 saturated heterocycles. The van der Waals surface area contributed by atoms with E-state index in [4.69, 9.17) is 4.74 Å². The fourth-order valence-corrected chi connectivity index (χ4v) is 5.46. The number of ether oxygens (including phenoxy) is 1. The minimum absolute atomic E-state index is 0.00723. The first-order valence-corrected chi connectivity index (χ1v) is 11.0. The lowest BCUT2D eigenvalue weighted by atomic mass is 10.0. The van der Waals surface area contributed by atoms with E-state index in [1.165, 1.54) is 16.8 Å². The van der Waals surface area contributed by atoms with E-state index < -0.39 is 46.4 Å². The minimum atomic E-state index is -1.05. The molecule has 6 rings (SSSR count). The smallest absolute Gasteiger partial charge is 0.276 e. The number of nitrogens with zero attached hydrogens (tertiary/aromatic N) is 2. The van der Waals surface area contributed by atoms with E-state index in [0.29, 0.717) is 12.8 Å². The lowest BCUT2D eigenvalue weighted by molar-refractivity contribution is -0.132. The third-order valence-electron chi connectivity index (χ3n) is 7.25. The third-order valence-corrected chi connectivity index (χ3v) is 7.25. The van der Waals surface area contributed by atoms with Crippen molar-refractivity contribution in [3.63, 3.8) is 0 Å². The zero-order valence-corrected chi connectivity index (χ0v) is 17.5. The second kappa shape index (κ2) is 6.86. The Morgan fingerprint density at radius 2 is 2.00 bits per heavy atom. The molecule has 3 atom stereocenters. The average molecular weight is 457 g/mol. The van der Waals surface area contributed by atoms with Crippen LogP contribution in [0.25, 0.3) is 0 Å². The van der Waals surface area contributed by atoms with Gasteiger partial charge in [-0.2, -0.15) is 0 Å². The van der Waals surface area contributed by atoms with Crippen LogP contribution in [0.1, 0.15) is 58.5 Å². The molecule has 8 nitrogen and oxygen atoms in total. The Balaban J connectivity index is 1.34. The molecule has 2 aliphatic carbocycles. The highest BCUT2D eigenvalue weighted by molar-refractivity contribution is 5.99. The number of rotatable bonds is 3. The quantitative estimate of drug-likeness (QED) is 0.734. The number of benzene rings is 1. The molecule has 10 heteroatoms. The summed E-state index contributed by atoms with van der Waals surface area (Å²) in [5, 5.41) is 13.3. The largest absolute Gasteiger partial charge is 0.503 e. The van der Waals surface area contributed by atoms with Crippen molar-refractivity contribution in [3.8, 4) is 5.75 Å². The van der Waals surface area contributed by atoms with Gasteiger partial charge in [-0.3, -0.25) is 14.4 Å². The molecule has 0 spiro atoms. The van der Waals surface area contributed by atoms with Gasteiger partial charge in [0.05, 0.1) is 18.2 Å². The molecular formula is C23H21F2N3O5. The van der Waals surface area contributed by atoms with Gasteiger partial charge >= 0.3 is 0 Å². The van der Waals surface area contributed by atoms with Gasteiger partial charge < -0.3 is 24.6 Å². The molecule has 0 radical (unpaired) electrons. The van der Waals surface area contributed by atoms with Crippen LogP contribution >= 0.6 is 0 Å². The second-order valence-corrected chi connectivity index (χ2v) is 9.27. The van der Waals surface area contributed by atoms with Crippen molar-refractivity contribution in [2.45, 2.75) is 62.6 Å². The van der Waals surface area contributed by atoms with Crippen molar-refractivity contribution in [2.24, 2.45) is 0 Å². The molecule has 3 heterocycles. The Labute approximate surface area is 186 Å². The van der Waals surface area contributed by atoms with Gasteiger partial charge in [0.15, 0.2) is 17.7 Å². The van der Waals surface area contributed by atoms with Gasteiger partial charge in [0.2, 0.25) is 5.43 Å². The molecule has 2 amide bonds. The van der Waals surface area contributed by atoms with E-state index in [-0.39, 0.29) is 35.5 Å². The Bertz CT molecular complexity index is 1270. The summed E-state index contributed by atoms with van der Waals surface area (Å²) >= 11 is 0. The first kappa shape index (κ1) is 20.3. The summed E-state index contributed by atoms with van der Waals surface area (Å²) in [6.07, 6.45) is 4.02. The van der Waals surface area contributed by atoms with Gasteiger partial charge in [-0.1, -0.05) is 6.07 Å². The number of pyridine rings is 1. The number of carbonyl (C=O) groups excluding carboxylic acids is 2. The van der Waals surface area contributed by atoms with Crippen LogP contribution < -0.4 is 10.7 Å². The van der Waals surface area contributed by atoms with Crippen LogP contribution in [0, 0.1) is 11.6 Å². The van der Waals surface area contributed by atoms with Crippen LogP contribution in [0.15, 0.2) is 29.2 Å². The maximum absolute atomic E-state index is 14.3. The topological polar surface area (TPSA) is 101 Å². The molecular weight excluding hydrogens is 436 g/mol. The summed E-state index contributed by atoms with van der Waals surface area (Å²) < 4.78 is 35.0. The third kappa shape index (κ3) is 3.00. The summed E-state index contributed by atoms with van der Waals surface area (Å²) in [6, 6.07) is 3.14. The van der Waals surface area contributed by atoms with Crippen LogP contribution in [0.5, 0.6) is 5.75 Å². The molecule has 1 aromatic carbocycles. The second-order valence-electron chi connectivity index (χ2n) is 9.27. The highest BCUT2D eigenvalue weighted by Gasteiger charge is 2.49. The number of carbonyl (C=O) groups is 2. The Kier molecular flexibility index (Phi) is 4.23. The highest BCUT2D eigenvalue weighted by Crippen LogP contribution is 2.47. The predicted molar refractivity (Wildman–Crippen MR) is 110 cm³/mol. The van der Waals surface area contributed by atoms with E-state index >= 15 is 0 Å². The highest BCUT2D eigenvalue weighted by atomic mass is 19.1. The molecule has 2 N–H and O–H groups in total. The van der Waals surface area contributed by atoms with E-state index in [9.17, 15) is 28.3 Å². The van der Waals surface area contributed by atoms with Crippen molar-refractivity contribution in [1.29, 1.82) is 0 Å². The van der Waals surface area contributed by atoms with Crippen molar-refractivity contribution in [2.75, 3.05) is 0 Å². The molecule has 4 aliphatic rings. The summed E-state index contributed by atoms with van der Waals surface area (Å²) in [6.45, 7) is 0.180. The van der Waals surface area contributed by atoms with Crippen molar-refractivity contribution >= 4 is 11.8 Å². The van der Waals surface area contributed by atoms with Crippen LogP contribution in [0.4, 0.5) is 8.78 Å². The molecule has 2 bridgehead atoms. The normalized spacial score (nSPS) is 26.5. The average Bonchev–Trinajstić information content (AvgIpc) is 3.44. The summed E-state index contributed by atoms with van der Waals surface area (Å²) in [4.78, 5) is 40.6. The number of nitrogens with one attached hydrogen (secondary N) is 1. The van der Waals surface area contributed by atoms with Gasteiger partial charge in [-0.15, -0.1) is 0 Å². The molecule has 2 aliphatic heterocycles. The number of aromatic hydroxyl groups is 1. The summed E-state index contributed by atoms with van der Waals surface area (Å²) in [7, 11) is 0. The zero-order chi connectivity index (χ0) is 23.1. The van der Waals surface area contributed by atoms with E-state index in [1.807, 2.05) is 0 Å². The lowest BCUT2D eigenvalue weighted by Crippen LogP contribution is -2.57. The number of halogens is 2. The van der Waals surface area contributed by atoms with Gasteiger partial charge in [0.25, 0.3) is 11.8 Å². The van der Waals surface area contributed by atoms with E-state index in [1.54, 1.807) is 4.90 Å². The molecule has 3 fully saturated rings. The number of hydrogen-bond donors (Lipinski definition) is 2. The Morgan fingerprint density at radius 3 is 2.73 bits per heavy atom. The molecule has 172 valence electrons. The fraction of sp³-hybridized carbons (Fsp3) is 0.435. The van der Waals surface area contributed by atoms with Crippen LogP contribution in [0.3, 0.4) is 0 Å². The summed E-state index contributed by atoms with van der Waals surface area (Å²) in [5.74, 6) is -3.60. The van der Waals surface area contributed by atoms with Gasteiger partial charge in [-0.05, 0) is 38.2 Å². The van der Waals surface area contributed by atoms with Crippen LogP contribution in [-0.2, 0) is 16.8 Å². The SMILES string of the molecule is O=C(NC1(c2ccc(F)cc2F)CC1)c1cn2c(c(O)c1=O)C(=O)N1C3CCC(C3)OC1C2. The Hall–Kier alpha value is -3.27. The van der Waals surface area contributed by atoms with Gasteiger partial charge in [0.1, 0.15) is 17.2 Å². The van der Waals surface area contributed by atoms with Crippen molar-refractivity contribution in [3.05, 3.63) is 63.1 Å². The molecule has 2 aromatic rings.